The van der Waals surface area contributed by atoms with E-state index >= 15 is 0 Å². The summed E-state index contributed by atoms with van der Waals surface area (Å²) in [4.78, 5) is 14.3. The lowest BCUT2D eigenvalue weighted by molar-refractivity contribution is 0.0692. The van der Waals surface area contributed by atoms with Gasteiger partial charge in [-0.2, -0.15) is 0 Å². The molecule has 1 aromatic heterocycles. The molecule has 82 valence electrons. The Morgan fingerprint density at radius 3 is 2.80 bits per heavy atom. The molecule has 0 aliphatic heterocycles. The SMILES string of the molecule is CCS(=O)(=O)Nc1cccnc1C(=O)O. The molecule has 15 heavy (non-hydrogen) atoms. The van der Waals surface area contributed by atoms with Gasteiger partial charge in [-0.3, -0.25) is 4.72 Å². The lowest BCUT2D eigenvalue weighted by Crippen LogP contribution is -2.17. The molecule has 0 spiro atoms. The van der Waals surface area contributed by atoms with E-state index in [0.29, 0.717) is 0 Å². The number of carboxylic acid groups (broad SMARTS) is 1. The summed E-state index contributed by atoms with van der Waals surface area (Å²) in [6.07, 6.45) is 1.28. The number of carbonyl (C=O) groups is 1. The molecule has 2 N–H and O–H groups in total. The number of rotatable bonds is 4. The number of aromatic nitrogens is 1. The number of nitrogens with zero attached hydrogens (tertiary/aromatic N) is 1. The van der Waals surface area contributed by atoms with Gasteiger partial charge in [0.2, 0.25) is 10.0 Å². The molecule has 0 fully saturated rings. The zero-order valence-electron chi connectivity index (χ0n) is 7.97. The van der Waals surface area contributed by atoms with Crippen molar-refractivity contribution in [2.75, 3.05) is 10.5 Å². The van der Waals surface area contributed by atoms with E-state index in [1.54, 1.807) is 0 Å². The first kappa shape index (κ1) is 11.4. The van der Waals surface area contributed by atoms with Crippen molar-refractivity contribution in [3.8, 4) is 0 Å². The summed E-state index contributed by atoms with van der Waals surface area (Å²) in [5.74, 6) is -1.40. The maximum atomic E-state index is 11.2. The van der Waals surface area contributed by atoms with Crippen LogP contribution in [0.2, 0.25) is 0 Å². The molecule has 0 saturated carbocycles. The third-order valence-corrected chi connectivity index (χ3v) is 2.95. The van der Waals surface area contributed by atoms with Crippen molar-refractivity contribution in [1.29, 1.82) is 0 Å². The topological polar surface area (TPSA) is 96.4 Å². The molecule has 0 bridgehead atoms. The summed E-state index contributed by atoms with van der Waals surface area (Å²) in [7, 11) is -3.48. The van der Waals surface area contributed by atoms with Gasteiger partial charge in [-0.25, -0.2) is 18.2 Å². The number of hydrogen-bond donors (Lipinski definition) is 2. The van der Waals surface area contributed by atoms with Crippen LogP contribution in [-0.2, 0) is 10.0 Å². The predicted octanol–water partition coefficient (Wildman–Crippen LogP) is 0.541. The highest BCUT2D eigenvalue weighted by molar-refractivity contribution is 7.92. The van der Waals surface area contributed by atoms with Crippen molar-refractivity contribution in [2.24, 2.45) is 0 Å². The molecule has 1 aromatic rings. The third-order valence-electron chi connectivity index (χ3n) is 1.66. The molecule has 0 amide bonds. The van der Waals surface area contributed by atoms with E-state index in [1.165, 1.54) is 25.3 Å². The van der Waals surface area contributed by atoms with Gasteiger partial charge < -0.3 is 5.11 Å². The van der Waals surface area contributed by atoms with E-state index in [2.05, 4.69) is 9.71 Å². The van der Waals surface area contributed by atoms with Crippen LogP contribution >= 0.6 is 0 Å². The maximum Gasteiger partial charge on any atom is 0.356 e. The summed E-state index contributed by atoms with van der Waals surface area (Å²) in [6.45, 7) is 1.46. The number of aromatic carboxylic acids is 1. The Balaban J connectivity index is 3.10. The van der Waals surface area contributed by atoms with E-state index in [0.717, 1.165) is 0 Å². The van der Waals surface area contributed by atoms with E-state index in [9.17, 15) is 13.2 Å². The Morgan fingerprint density at radius 1 is 1.60 bits per heavy atom. The minimum absolute atomic E-state index is 0.0214. The normalized spacial score (nSPS) is 11.0. The van der Waals surface area contributed by atoms with Crippen LogP contribution in [0.4, 0.5) is 5.69 Å². The molecule has 0 saturated heterocycles. The first-order valence-corrected chi connectivity index (χ1v) is 5.80. The largest absolute Gasteiger partial charge is 0.476 e. The van der Waals surface area contributed by atoms with Crippen molar-refractivity contribution in [3.05, 3.63) is 24.0 Å². The van der Waals surface area contributed by atoms with Crippen LogP contribution in [0.15, 0.2) is 18.3 Å². The third kappa shape index (κ3) is 2.91. The second-order valence-electron chi connectivity index (χ2n) is 2.71. The van der Waals surface area contributed by atoms with Crippen LogP contribution < -0.4 is 4.72 Å². The van der Waals surface area contributed by atoms with Gasteiger partial charge in [0.05, 0.1) is 11.4 Å². The second kappa shape index (κ2) is 4.26. The Labute approximate surface area is 87.0 Å². The fourth-order valence-corrected chi connectivity index (χ4v) is 1.54. The van der Waals surface area contributed by atoms with Gasteiger partial charge in [0, 0.05) is 6.20 Å². The van der Waals surface area contributed by atoms with Crippen LogP contribution in [-0.4, -0.2) is 30.2 Å². The highest BCUT2D eigenvalue weighted by Crippen LogP contribution is 2.13. The first-order valence-electron chi connectivity index (χ1n) is 4.15. The monoisotopic (exact) mass is 230 g/mol. The highest BCUT2D eigenvalue weighted by atomic mass is 32.2. The lowest BCUT2D eigenvalue weighted by atomic mass is 10.3. The van der Waals surface area contributed by atoms with Gasteiger partial charge in [-0.05, 0) is 19.1 Å². The maximum absolute atomic E-state index is 11.2. The van der Waals surface area contributed by atoms with Crippen molar-refractivity contribution >= 4 is 21.7 Å². The van der Waals surface area contributed by atoms with E-state index in [-0.39, 0.29) is 17.1 Å². The quantitative estimate of drug-likeness (QED) is 0.787. The zero-order valence-corrected chi connectivity index (χ0v) is 8.78. The van der Waals surface area contributed by atoms with Crippen molar-refractivity contribution in [2.45, 2.75) is 6.92 Å². The molecule has 1 heterocycles. The van der Waals surface area contributed by atoms with Gasteiger partial charge in [0.1, 0.15) is 0 Å². The fourth-order valence-electron chi connectivity index (χ4n) is 0.898. The van der Waals surface area contributed by atoms with E-state index in [4.69, 9.17) is 5.11 Å². The molecule has 0 aliphatic rings. The minimum Gasteiger partial charge on any atom is -0.476 e. The summed E-state index contributed by atoms with van der Waals surface area (Å²) >= 11 is 0. The standard InChI is InChI=1S/C8H10N2O4S/c1-2-15(13,14)10-6-4-3-5-9-7(6)8(11)12/h3-5,10H,2H2,1H3,(H,11,12). The van der Waals surface area contributed by atoms with Crippen molar-refractivity contribution in [1.82, 2.24) is 4.98 Å². The molecule has 0 aromatic carbocycles. The predicted molar refractivity (Wildman–Crippen MR) is 54.3 cm³/mol. The number of nitrogens with one attached hydrogen (secondary N) is 1. The van der Waals surface area contributed by atoms with Crippen molar-refractivity contribution < 1.29 is 18.3 Å². The molecular formula is C8H10N2O4S. The first-order chi connectivity index (χ1) is 6.96. The summed E-state index contributed by atoms with van der Waals surface area (Å²) in [5.41, 5.74) is -0.332. The number of carboxylic acids is 1. The zero-order chi connectivity index (χ0) is 11.5. The van der Waals surface area contributed by atoms with Crippen LogP contribution in [0.25, 0.3) is 0 Å². The summed E-state index contributed by atoms with van der Waals surface area (Å²) < 4.78 is 24.6. The fraction of sp³-hybridized carbons (Fsp3) is 0.250. The number of pyridine rings is 1. The Morgan fingerprint density at radius 2 is 2.27 bits per heavy atom. The summed E-state index contributed by atoms with van der Waals surface area (Å²) in [6, 6.07) is 2.81. The molecule has 6 nitrogen and oxygen atoms in total. The summed E-state index contributed by atoms with van der Waals surface area (Å²) in [5, 5.41) is 8.74. The molecule has 7 heteroatoms. The van der Waals surface area contributed by atoms with E-state index < -0.39 is 16.0 Å². The highest BCUT2D eigenvalue weighted by Gasteiger charge is 2.15. The Bertz CT molecular complexity index is 469. The van der Waals surface area contributed by atoms with Gasteiger partial charge in [-0.1, -0.05) is 0 Å². The smallest absolute Gasteiger partial charge is 0.356 e. The van der Waals surface area contributed by atoms with Crippen LogP contribution in [0.3, 0.4) is 0 Å². The van der Waals surface area contributed by atoms with E-state index in [1.807, 2.05) is 0 Å². The number of hydrogen-bond acceptors (Lipinski definition) is 4. The van der Waals surface area contributed by atoms with Crippen LogP contribution in [0, 0.1) is 0 Å². The number of anilines is 1. The van der Waals surface area contributed by atoms with Crippen molar-refractivity contribution in [3.63, 3.8) is 0 Å². The average Bonchev–Trinajstić information content (AvgIpc) is 2.18. The van der Waals surface area contributed by atoms with Crippen LogP contribution in [0.5, 0.6) is 0 Å². The van der Waals surface area contributed by atoms with Gasteiger partial charge >= 0.3 is 5.97 Å². The van der Waals surface area contributed by atoms with Crippen LogP contribution in [0.1, 0.15) is 17.4 Å². The molecule has 0 atom stereocenters. The minimum atomic E-state index is -3.48. The molecule has 0 aliphatic carbocycles. The van der Waals surface area contributed by atoms with Gasteiger partial charge in [0.25, 0.3) is 0 Å². The number of sulfonamides is 1. The molecule has 1 rings (SSSR count). The average molecular weight is 230 g/mol. The van der Waals surface area contributed by atoms with Gasteiger partial charge in [0.15, 0.2) is 5.69 Å². The molecule has 0 unspecified atom stereocenters. The Kier molecular flexibility index (Phi) is 3.25. The Hall–Kier alpha value is -1.63. The molecule has 0 radical (unpaired) electrons. The second-order valence-corrected chi connectivity index (χ2v) is 4.72. The van der Waals surface area contributed by atoms with Gasteiger partial charge in [-0.15, -0.1) is 0 Å². The molecular weight excluding hydrogens is 220 g/mol. The lowest BCUT2D eigenvalue weighted by Gasteiger charge is -2.07.